The molecular weight excluding hydrogens is 692 g/mol. The lowest BCUT2D eigenvalue weighted by atomic mass is 10.1. The van der Waals surface area contributed by atoms with Gasteiger partial charge in [0.05, 0.1) is 37.5 Å². The quantitative estimate of drug-likeness (QED) is 0.132. The minimum absolute atomic E-state index is 0.0109. The number of hydrogen-bond acceptors (Lipinski definition) is 11. The van der Waals surface area contributed by atoms with Gasteiger partial charge < -0.3 is 24.5 Å². The van der Waals surface area contributed by atoms with Crippen molar-refractivity contribution in [2.24, 2.45) is 0 Å². The molecule has 54 heavy (non-hydrogen) atoms. The van der Waals surface area contributed by atoms with E-state index >= 15 is 0 Å². The molecule has 0 radical (unpaired) electrons. The molecule has 2 N–H and O–H groups in total. The number of anilines is 4. The monoisotopic (exact) mass is 721 g/mol. The van der Waals surface area contributed by atoms with Crippen molar-refractivity contribution < 1.29 is 22.7 Å². The molecule has 5 aromatic carbocycles. The Kier molecular flexibility index (Phi) is 9.12. The first-order chi connectivity index (χ1) is 26.4. The fraction of sp³-hybridized carbons (Fsp3) is 0.0500. The van der Waals surface area contributed by atoms with Crippen LogP contribution < -0.4 is 20.1 Å². The molecule has 0 aliphatic rings. The summed E-state index contributed by atoms with van der Waals surface area (Å²) in [5.41, 5.74) is 4.37. The number of halogens is 2. The molecule has 3 aromatic heterocycles. The van der Waals surface area contributed by atoms with Crippen LogP contribution in [0.25, 0.3) is 51.2 Å². The van der Waals surface area contributed by atoms with E-state index in [-0.39, 0.29) is 34.8 Å². The Hall–Kier alpha value is -7.48. The highest BCUT2D eigenvalue weighted by Gasteiger charge is 2.20. The first kappa shape index (κ1) is 33.7. The van der Waals surface area contributed by atoms with Crippen molar-refractivity contribution in [2.75, 3.05) is 24.9 Å². The lowest BCUT2D eigenvalue weighted by Crippen LogP contribution is -2.07. The van der Waals surface area contributed by atoms with Crippen LogP contribution in [0.1, 0.15) is 0 Å². The van der Waals surface area contributed by atoms with E-state index < -0.39 is 11.6 Å². The van der Waals surface area contributed by atoms with Gasteiger partial charge in [-0.05, 0) is 97.1 Å². The fourth-order valence-electron chi connectivity index (χ4n) is 5.54. The van der Waals surface area contributed by atoms with Crippen LogP contribution in [0.15, 0.2) is 132 Å². The number of methoxy groups -OCH3 is 2. The molecule has 0 unspecified atom stereocenters. The van der Waals surface area contributed by atoms with Crippen LogP contribution in [-0.2, 0) is 0 Å². The summed E-state index contributed by atoms with van der Waals surface area (Å²) in [4.78, 5) is 18.2. The summed E-state index contributed by atoms with van der Waals surface area (Å²) in [5, 5.41) is 14.3. The number of aromatic nitrogens is 7. The molecule has 0 spiro atoms. The average Bonchev–Trinajstić information content (AvgIpc) is 3.89. The van der Waals surface area contributed by atoms with Crippen LogP contribution in [0, 0.1) is 11.6 Å². The van der Waals surface area contributed by atoms with Crippen molar-refractivity contribution in [3.05, 3.63) is 139 Å². The second-order valence-electron chi connectivity index (χ2n) is 11.8. The Morgan fingerprint density at radius 2 is 1.13 bits per heavy atom. The average molecular weight is 722 g/mol. The minimum atomic E-state index is -0.504. The molecular formula is C40H29F2N9O3. The van der Waals surface area contributed by atoms with Crippen LogP contribution in [0.2, 0.25) is 0 Å². The molecule has 0 saturated heterocycles. The van der Waals surface area contributed by atoms with E-state index in [0.29, 0.717) is 23.0 Å². The largest absolute Gasteiger partial charge is 0.497 e. The number of hydrogen-bond donors (Lipinski definition) is 2. The predicted molar refractivity (Wildman–Crippen MR) is 199 cm³/mol. The van der Waals surface area contributed by atoms with E-state index in [2.05, 4.69) is 35.9 Å². The van der Waals surface area contributed by atoms with Crippen molar-refractivity contribution >= 4 is 23.3 Å². The maximum Gasteiger partial charge on any atom is 0.232 e. The van der Waals surface area contributed by atoms with Gasteiger partial charge >= 0.3 is 0 Å². The molecule has 12 nitrogen and oxygen atoms in total. The highest BCUT2D eigenvalue weighted by Crippen LogP contribution is 2.37. The van der Waals surface area contributed by atoms with Crippen LogP contribution in [0.3, 0.4) is 0 Å². The summed E-state index contributed by atoms with van der Waals surface area (Å²) in [7, 11) is 3.24. The molecule has 8 aromatic rings. The second kappa shape index (κ2) is 14.6. The number of ether oxygens (including phenoxy) is 2. The van der Waals surface area contributed by atoms with Gasteiger partial charge in [-0.15, -0.1) is 5.10 Å². The van der Waals surface area contributed by atoms with Crippen LogP contribution in [0.4, 0.5) is 32.1 Å². The van der Waals surface area contributed by atoms with Gasteiger partial charge in [0.15, 0.2) is 17.3 Å². The van der Waals surface area contributed by atoms with E-state index in [9.17, 15) is 8.78 Å². The Bertz CT molecular complexity index is 2430. The minimum Gasteiger partial charge on any atom is -0.497 e. The predicted octanol–water partition coefficient (Wildman–Crippen LogP) is 8.89. The van der Waals surface area contributed by atoms with Crippen molar-refractivity contribution in [3.8, 4) is 62.7 Å². The smallest absolute Gasteiger partial charge is 0.232 e. The fourth-order valence-corrected chi connectivity index (χ4v) is 5.54. The number of oxazole rings is 1. The van der Waals surface area contributed by atoms with Crippen LogP contribution >= 0.6 is 0 Å². The van der Waals surface area contributed by atoms with Gasteiger partial charge in [0.25, 0.3) is 0 Å². The zero-order chi connectivity index (χ0) is 37.0. The summed E-state index contributed by atoms with van der Waals surface area (Å²) in [6.45, 7) is 0. The standard InChI is InChI=1S/C40H29F2N9O3/c1-52-28-19-13-24(14-20-28)35-36(25-15-21-29(53-2)22-16-25)54-38(45-35)26-11-17-27(18-12-26)51-23-34(49-50-51)37-46-39(43-32-9-5-3-7-30(32)41)48-40(47-37)44-33-10-6-4-8-31(33)42/h3-23H,1-2H3,(H2,43,44,46,47,48). The molecule has 0 atom stereocenters. The summed E-state index contributed by atoms with van der Waals surface area (Å²) in [6, 6.07) is 34.8. The zero-order valence-electron chi connectivity index (χ0n) is 28.7. The maximum atomic E-state index is 14.5. The lowest BCUT2D eigenvalue weighted by molar-refractivity contribution is 0.414. The topological polar surface area (TPSA) is 138 Å². The number of para-hydroxylation sites is 2. The van der Waals surface area contributed by atoms with Gasteiger partial charge in [0.2, 0.25) is 17.8 Å². The number of benzene rings is 5. The molecule has 14 heteroatoms. The van der Waals surface area contributed by atoms with Crippen LogP contribution in [-0.4, -0.2) is 49.1 Å². The van der Waals surface area contributed by atoms with Crippen molar-refractivity contribution in [3.63, 3.8) is 0 Å². The highest BCUT2D eigenvalue weighted by molar-refractivity contribution is 5.79. The van der Waals surface area contributed by atoms with Gasteiger partial charge in [-0.3, -0.25) is 0 Å². The first-order valence-electron chi connectivity index (χ1n) is 16.6. The zero-order valence-corrected chi connectivity index (χ0v) is 28.7. The molecule has 0 aliphatic heterocycles. The normalized spacial score (nSPS) is 11.0. The molecule has 0 amide bonds. The van der Waals surface area contributed by atoms with E-state index in [1.54, 1.807) is 61.5 Å². The van der Waals surface area contributed by atoms with Gasteiger partial charge in [0, 0.05) is 16.7 Å². The van der Waals surface area contributed by atoms with Crippen molar-refractivity contribution in [2.45, 2.75) is 0 Å². The molecule has 3 heterocycles. The number of rotatable bonds is 11. The van der Waals surface area contributed by atoms with Gasteiger partial charge in [-0.1, -0.05) is 29.5 Å². The SMILES string of the molecule is COc1ccc(-c2nc(-c3ccc(-n4cc(-c5nc(Nc6ccccc6F)nc(Nc6ccccc6F)n5)nn4)cc3)oc2-c2ccc(OC)cc2)cc1. The molecule has 8 rings (SSSR count). The molecule has 0 bridgehead atoms. The van der Waals surface area contributed by atoms with E-state index in [1.165, 1.54) is 12.1 Å². The maximum absolute atomic E-state index is 14.5. The highest BCUT2D eigenvalue weighted by atomic mass is 19.1. The second-order valence-corrected chi connectivity index (χ2v) is 11.8. The van der Waals surface area contributed by atoms with E-state index in [0.717, 1.165) is 28.2 Å². The molecule has 0 saturated carbocycles. The van der Waals surface area contributed by atoms with E-state index in [4.69, 9.17) is 18.9 Å². The Morgan fingerprint density at radius 1 is 0.593 bits per heavy atom. The van der Waals surface area contributed by atoms with Crippen molar-refractivity contribution in [1.29, 1.82) is 0 Å². The van der Waals surface area contributed by atoms with E-state index in [1.807, 2.05) is 72.8 Å². The molecule has 266 valence electrons. The summed E-state index contributed by atoms with van der Waals surface area (Å²) in [5.74, 6) is 1.62. The van der Waals surface area contributed by atoms with Crippen molar-refractivity contribution in [1.82, 2.24) is 34.9 Å². The summed E-state index contributed by atoms with van der Waals surface area (Å²) in [6.07, 6.45) is 1.64. The van der Waals surface area contributed by atoms with Gasteiger partial charge in [-0.25, -0.2) is 18.4 Å². The third-order valence-electron chi connectivity index (χ3n) is 8.32. The number of nitrogens with zero attached hydrogens (tertiary/aromatic N) is 7. The lowest BCUT2D eigenvalue weighted by Gasteiger charge is -2.10. The first-order valence-corrected chi connectivity index (χ1v) is 16.6. The third-order valence-corrected chi connectivity index (χ3v) is 8.32. The van der Waals surface area contributed by atoms with Crippen LogP contribution in [0.5, 0.6) is 11.5 Å². The summed E-state index contributed by atoms with van der Waals surface area (Å²) < 4.78 is 47.7. The van der Waals surface area contributed by atoms with Gasteiger partial charge in [0.1, 0.15) is 28.8 Å². The summed E-state index contributed by atoms with van der Waals surface area (Å²) >= 11 is 0. The Balaban J connectivity index is 1.10. The number of nitrogens with one attached hydrogen (secondary N) is 2. The third kappa shape index (κ3) is 7.03. The van der Waals surface area contributed by atoms with Gasteiger partial charge in [-0.2, -0.15) is 15.0 Å². The Labute approximate surface area is 307 Å². The molecule has 0 fully saturated rings. The molecule has 0 aliphatic carbocycles. The Morgan fingerprint density at radius 3 is 1.69 bits per heavy atom.